The van der Waals surface area contributed by atoms with Crippen LogP contribution in [0.1, 0.15) is 40.1 Å². The Balaban J connectivity index is 1.55. The van der Waals surface area contributed by atoms with Crippen LogP contribution in [0.15, 0.2) is 41.5 Å². The number of imidazole rings is 1. The van der Waals surface area contributed by atoms with E-state index >= 15 is 0 Å². The number of para-hydroxylation sites is 1. The number of thiophene rings is 1. The van der Waals surface area contributed by atoms with Crippen LogP contribution in [-0.4, -0.2) is 32.5 Å². The van der Waals surface area contributed by atoms with Crippen molar-refractivity contribution < 1.29 is 9.53 Å². The van der Waals surface area contributed by atoms with Crippen LogP contribution in [0.5, 0.6) is 5.75 Å². The Labute approximate surface area is 189 Å². The van der Waals surface area contributed by atoms with Gasteiger partial charge in [-0.3, -0.25) is 9.59 Å². The third-order valence-electron chi connectivity index (χ3n) is 5.55. The highest BCUT2D eigenvalue weighted by molar-refractivity contribution is 7.18. The van der Waals surface area contributed by atoms with E-state index in [2.05, 4.69) is 20.3 Å². The summed E-state index contributed by atoms with van der Waals surface area (Å²) in [4.78, 5) is 39.0. The Morgan fingerprint density at radius 3 is 2.81 bits per heavy atom. The summed E-state index contributed by atoms with van der Waals surface area (Å²) in [5, 5.41) is 3.70. The number of aromatic nitrogens is 4. The lowest BCUT2D eigenvalue weighted by molar-refractivity contribution is -0.121. The van der Waals surface area contributed by atoms with Crippen LogP contribution in [0.4, 0.5) is 0 Å². The number of methoxy groups -OCH3 is 1. The first-order valence-corrected chi connectivity index (χ1v) is 11.1. The summed E-state index contributed by atoms with van der Waals surface area (Å²) >= 11 is 1.50. The zero-order chi connectivity index (χ0) is 22.8. The molecule has 0 spiro atoms. The van der Waals surface area contributed by atoms with Gasteiger partial charge in [0.1, 0.15) is 28.3 Å². The molecule has 0 saturated heterocycles. The smallest absolute Gasteiger partial charge is 0.259 e. The number of ether oxygens (including phenoxy) is 1. The molecule has 0 saturated carbocycles. The van der Waals surface area contributed by atoms with Gasteiger partial charge in [0.15, 0.2) is 0 Å². The van der Waals surface area contributed by atoms with Gasteiger partial charge < -0.3 is 19.6 Å². The standard InChI is InChI=1S/C23H25N5O3S/c1-13-14(2)32-23-19(13)22(30)25-17(26-23)9-10-18(29)27-20(21-24-11-12-28(21)3)15-7-5-6-8-16(15)31-4/h5-8,11-12,20H,9-10H2,1-4H3,(H,27,29)(H,25,26,30). The Morgan fingerprint density at radius 2 is 2.09 bits per heavy atom. The largest absolute Gasteiger partial charge is 0.496 e. The number of aryl methyl sites for hydroxylation is 4. The summed E-state index contributed by atoms with van der Waals surface area (Å²) in [5.41, 5.74) is 1.61. The summed E-state index contributed by atoms with van der Waals surface area (Å²) in [6.45, 7) is 3.90. The van der Waals surface area contributed by atoms with Gasteiger partial charge in [0.05, 0.1) is 12.5 Å². The van der Waals surface area contributed by atoms with E-state index in [1.54, 1.807) is 13.3 Å². The van der Waals surface area contributed by atoms with Gasteiger partial charge in [-0.1, -0.05) is 18.2 Å². The molecule has 3 aromatic heterocycles. The van der Waals surface area contributed by atoms with Crippen LogP contribution in [0.25, 0.3) is 10.2 Å². The average Bonchev–Trinajstić information content (AvgIpc) is 3.33. The molecule has 9 heteroatoms. The highest BCUT2D eigenvalue weighted by Crippen LogP contribution is 2.29. The minimum Gasteiger partial charge on any atom is -0.496 e. The topological polar surface area (TPSA) is 102 Å². The molecule has 4 rings (SSSR count). The number of nitrogens with zero attached hydrogens (tertiary/aromatic N) is 3. The third kappa shape index (κ3) is 4.16. The van der Waals surface area contributed by atoms with Crippen molar-refractivity contribution in [3.8, 4) is 5.75 Å². The number of fused-ring (bicyclic) bond motifs is 1. The first-order chi connectivity index (χ1) is 15.4. The lowest BCUT2D eigenvalue weighted by Crippen LogP contribution is -2.31. The number of aromatic amines is 1. The number of H-pyrrole nitrogens is 1. The number of hydrogen-bond acceptors (Lipinski definition) is 6. The number of nitrogens with one attached hydrogen (secondary N) is 2. The number of benzene rings is 1. The van der Waals surface area contributed by atoms with Gasteiger partial charge >= 0.3 is 0 Å². The van der Waals surface area contributed by atoms with Gasteiger partial charge in [-0.2, -0.15) is 0 Å². The minimum absolute atomic E-state index is 0.160. The number of carbonyl (C=O) groups is 1. The zero-order valence-corrected chi connectivity index (χ0v) is 19.2. The van der Waals surface area contributed by atoms with Gasteiger partial charge in [0.25, 0.3) is 5.56 Å². The molecule has 1 aromatic carbocycles. The molecule has 1 amide bonds. The molecular formula is C23H25N5O3S. The molecule has 1 atom stereocenters. The molecule has 0 aliphatic carbocycles. The molecule has 3 heterocycles. The molecule has 0 aliphatic heterocycles. The lowest BCUT2D eigenvalue weighted by Gasteiger charge is -2.21. The highest BCUT2D eigenvalue weighted by Gasteiger charge is 2.24. The van der Waals surface area contributed by atoms with Crippen molar-refractivity contribution in [1.82, 2.24) is 24.8 Å². The molecule has 0 aliphatic rings. The summed E-state index contributed by atoms with van der Waals surface area (Å²) < 4.78 is 7.37. The normalized spacial score (nSPS) is 12.1. The summed E-state index contributed by atoms with van der Waals surface area (Å²) in [7, 11) is 3.48. The minimum atomic E-state index is -0.476. The highest BCUT2D eigenvalue weighted by atomic mass is 32.1. The van der Waals surface area contributed by atoms with E-state index in [-0.39, 0.29) is 17.9 Å². The number of amides is 1. The third-order valence-corrected chi connectivity index (χ3v) is 6.65. The second kappa shape index (κ2) is 8.96. The molecule has 0 fully saturated rings. The number of hydrogen-bond donors (Lipinski definition) is 2. The molecule has 4 aromatic rings. The van der Waals surface area contributed by atoms with Gasteiger partial charge in [0.2, 0.25) is 5.91 Å². The fraction of sp³-hybridized carbons (Fsp3) is 0.304. The summed E-state index contributed by atoms with van der Waals surface area (Å²) in [6, 6.07) is 7.07. The first-order valence-electron chi connectivity index (χ1n) is 10.3. The van der Waals surface area contributed by atoms with Gasteiger partial charge in [0, 0.05) is 42.7 Å². The number of rotatable bonds is 7. The van der Waals surface area contributed by atoms with Crippen molar-refractivity contribution in [2.45, 2.75) is 32.7 Å². The van der Waals surface area contributed by atoms with Crippen LogP contribution in [0.2, 0.25) is 0 Å². The maximum absolute atomic E-state index is 12.9. The van der Waals surface area contributed by atoms with Gasteiger partial charge in [-0.25, -0.2) is 9.97 Å². The van der Waals surface area contributed by atoms with Crippen LogP contribution in [0, 0.1) is 13.8 Å². The van der Waals surface area contributed by atoms with E-state index < -0.39 is 6.04 Å². The maximum Gasteiger partial charge on any atom is 0.259 e. The number of carbonyl (C=O) groups excluding carboxylic acids is 1. The Bertz CT molecular complexity index is 1340. The Kier molecular flexibility index (Phi) is 6.09. The van der Waals surface area contributed by atoms with Crippen LogP contribution in [-0.2, 0) is 18.3 Å². The van der Waals surface area contributed by atoms with E-state index in [0.717, 1.165) is 16.0 Å². The van der Waals surface area contributed by atoms with Crippen LogP contribution < -0.4 is 15.6 Å². The van der Waals surface area contributed by atoms with Gasteiger partial charge in [-0.05, 0) is 25.5 Å². The predicted octanol–water partition coefficient (Wildman–Crippen LogP) is 3.18. The molecule has 8 nitrogen and oxygen atoms in total. The average molecular weight is 452 g/mol. The van der Waals surface area contributed by atoms with Crippen LogP contribution >= 0.6 is 11.3 Å². The SMILES string of the molecule is COc1ccccc1C(NC(=O)CCc1nc2sc(C)c(C)c2c(=O)[nH]1)c1nccn1C. The van der Waals surface area contributed by atoms with E-state index in [0.29, 0.717) is 34.0 Å². The van der Waals surface area contributed by atoms with Crippen LogP contribution in [0.3, 0.4) is 0 Å². The van der Waals surface area contributed by atoms with E-state index in [1.165, 1.54) is 11.3 Å². The van der Waals surface area contributed by atoms with Crippen molar-refractivity contribution in [2.75, 3.05) is 7.11 Å². The van der Waals surface area contributed by atoms with Crippen molar-refractivity contribution in [2.24, 2.45) is 7.05 Å². The van der Waals surface area contributed by atoms with Gasteiger partial charge in [-0.15, -0.1) is 11.3 Å². The Hall–Kier alpha value is -3.46. The second-order valence-corrected chi connectivity index (χ2v) is 8.82. The monoisotopic (exact) mass is 451 g/mol. The Morgan fingerprint density at radius 1 is 1.31 bits per heavy atom. The lowest BCUT2D eigenvalue weighted by atomic mass is 10.0. The first kappa shape index (κ1) is 21.8. The second-order valence-electron chi connectivity index (χ2n) is 7.61. The quantitative estimate of drug-likeness (QED) is 0.449. The maximum atomic E-state index is 12.9. The molecule has 32 heavy (non-hydrogen) atoms. The van der Waals surface area contributed by atoms with Crippen molar-refractivity contribution in [1.29, 1.82) is 0 Å². The van der Waals surface area contributed by atoms with E-state index in [9.17, 15) is 9.59 Å². The van der Waals surface area contributed by atoms with Crippen molar-refractivity contribution in [3.05, 3.63) is 74.7 Å². The molecule has 1 unspecified atom stereocenters. The predicted molar refractivity (Wildman–Crippen MR) is 124 cm³/mol. The molecule has 0 bridgehead atoms. The zero-order valence-electron chi connectivity index (χ0n) is 18.4. The molecule has 0 radical (unpaired) electrons. The van der Waals surface area contributed by atoms with E-state index in [1.807, 2.05) is 55.9 Å². The van der Waals surface area contributed by atoms with Crippen molar-refractivity contribution in [3.63, 3.8) is 0 Å². The molecular weight excluding hydrogens is 426 g/mol. The van der Waals surface area contributed by atoms with E-state index in [4.69, 9.17) is 4.74 Å². The summed E-state index contributed by atoms with van der Waals surface area (Å²) in [6.07, 6.45) is 4.03. The molecule has 166 valence electrons. The molecule has 2 N–H and O–H groups in total. The van der Waals surface area contributed by atoms with Crippen molar-refractivity contribution >= 4 is 27.5 Å². The fourth-order valence-corrected chi connectivity index (χ4v) is 4.77. The fourth-order valence-electron chi connectivity index (χ4n) is 3.72. The summed E-state index contributed by atoms with van der Waals surface area (Å²) in [5.74, 6) is 1.69.